The Kier molecular flexibility index (Phi) is 11.8. The number of methoxy groups -OCH3 is 2. The minimum atomic E-state index is -0.750. The standard InChI is InChI=1S/C25H35N3O4.HI/c1-4-26-25(27-15-24(29)21-12-22(30-2)14-23(13-21)31-3)28-11-10-20(16-28)18-32-17-19-8-6-5-7-9-19;/h5-9,12-14,20,24,29H,4,10-11,15-18H2,1-3H3,(H,26,27);1H. The maximum absolute atomic E-state index is 10.7. The van der Waals surface area contributed by atoms with Crippen LogP contribution in [0.25, 0.3) is 0 Å². The van der Waals surface area contributed by atoms with Gasteiger partial charge in [0.15, 0.2) is 5.96 Å². The fourth-order valence-corrected chi connectivity index (χ4v) is 3.80. The summed E-state index contributed by atoms with van der Waals surface area (Å²) in [5.74, 6) is 2.58. The predicted octanol–water partition coefficient (Wildman–Crippen LogP) is 3.86. The van der Waals surface area contributed by atoms with Crippen molar-refractivity contribution in [2.24, 2.45) is 10.9 Å². The number of ether oxygens (including phenoxy) is 3. The summed E-state index contributed by atoms with van der Waals surface area (Å²) in [6, 6.07) is 15.7. The molecule has 0 radical (unpaired) electrons. The number of rotatable bonds is 10. The Morgan fingerprint density at radius 1 is 1.15 bits per heavy atom. The van der Waals surface area contributed by atoms with E-state index < -0.39 is 6.10 Å². The molecule has 1 heterocycles. The molecule has 182 valence electrons. The van der Waals surface area contributed by atoms with Crippen molar-refractivity contribution in [1.82, 2.24) is 10.2 Å². The molecule has 1 fully saturated rings. The number of hydrogen-bond donors (Lipinski definition) is 2. The average molecular weight is 569 g/mol. The van der Waals surface area contributed by atoms with Crippen molar-refractivity contribution in [3.8, 4) is 11.5 Å². The quantitative estimate of drug-likeness (QED) is 0.257. The van der Waals surface area contributed by atoms with Crippen LogP contribution in [-0.2, 0) is 11.3 Å². The smallest absolute Gasteiger partial charge is 0.194 e. The molecule has 0 bridgehead atoms. The summed E-state index contributed by atoms with van der Waals surface area (Å²) in [5, 5.41) is 14.1. The molecule has 1 aliphatic rings. The van der Waals surface area contributed by atoms with Crippen LogP contribution in [0.3, 0.4) is 0 Å². The Morgan fingerprint density at radius 3 is 2.48 bits per heavy atom. The maximum Gasteiger partial charge on any atom is 0.194 e. The number of halogens is 1. The first-order valence-electron chi connectivity index (χ1n) is 11.2. The van der Waals surface area contributed by atoms with Crippen LogP contribution >= 0.6 is 24.0 Å². The van der Waals surface area contributed by atoms with Gasteiger partial charge < -0.3 is 29.5 Å². The molecule has 8 heteroatoms. The second-order valence-electron chi connectivity index (χ2n) is 7.96. The van der Waals surface area contributed by atoms with Crippen LogP contribution in [0, 0.1) is 5.92 Å². The van der Waals surface area contributed by atoms with Crippen LogP contribution in [0.15, 0.2) is 53.5 Å². The SMILES string of the molecule is CCNC(=NCC(O)c1cc(OC)cc(OC)c1)N1CCC(COCc2ccccc2)C1.I. The summed E-state index contributed by atoms with van der Waals surface area (Å²) in [4.78, 5) is 6.95. The van der Waals surface area contributed by atoms with Crippen LogP contribution < -0.4 is 14.8 Å². The number of hydrogen-bond acceptors (Lipinski definition) is 5. The predicted molar refractivity (Wildman–Crippen MR) is 142 cm³/mol. The molecule has 1 aliphatic heterocycles. The number of aliphatic hydroxyl groups is 1. The highest BCUT2D eigenvalue weighted by atomic mass is 127. The van der Waals surface area contributed by atoms with E-state index >= 15 is 0 Å². The molecule has 7 nitrogen and oxygen atoms in total. The van der Waals surface area contributed by atoms with E-state index in [1.54, 1.807) is 20.3 Å². The van der Waals surface area contributed by atoms with Crippen LogP contribution in [0.2, 0.25) is 0 Å². The van der Waals surface area contributed by atoms with Crippen LogP contribution in [0.4, 0.5) is 0 Å². The van der Waals surface area contributed by atoms with Gasteiger partial charge in [-0.2, -0.15) is 0 Å². The highest BCUT2D eigenvalue weighted by molar-refractivity contribution is 14.0. The zero-order valence-corrected chi connectivity index (χ0v) is 22.0. The van der Waals surface area contributed by atoms with Gasteiger partial charge in [-0.25, -0.2) is 0 Å². The lowest BCUT2D eigenvalue weighted by molar-refractivity contribution is 0.0906. The molecule has 0 amide bonds. The zero-order chi connectivity index (χ0) is 22.8. The number of benzene rings is 2. The fraction of sp³-hybridized carbons (Fsp3) is 0.480. The monoisotopic (exact) mass is 569 g/mol. The minimum absolute atomic E-state index is 0. The third-order valence-corrected chi connectivity index (χ3v) is 5.56. The summed E-state index contributed by atoms with van der Waals surface area (Å²) in [7, 11) is 3.19. The van der Waals surface area contributed by atoms with Crippen LogP contribution in [0.5, 0.6) is 11.5 Å². The molecule has 0 saturated carbocycles. The van der Waals surface area contributed by atoms with Gasteiger partial charge in [-0.3, -0.25) is 4.99 Å². The summed E-state index contributed by atoms with van der Waals surface area (Å²) >= 11 is 0. The molecule has 2 aromatic carbocycles. The van der Waals surface area contributed by atoms with Gasteiger partial charge in [-0.15, -0.1) is 24.0 Å². The molecule has 1 saturated heterocycles. The second kappa shape index (κ2) is 14.3. The van der Waals surface area contributed by atoms with E-state index in [9.17, 15) is 5.11 Å². The van der Waals surface area contributed by atoms with Crippen molar-refractivity contribution in [3.63, 3.8) is 0 Å². The fourth-order valence-electron chi connectivity index (χ4n) is 3.80. The highest BCUT2D eigenvalue weighted by Gasteiger charge is 2.25. The lowest BCUT2D eigenvalue weighted by Gasteiger charge is -2.22. The van der Waals surface area contributed by atoms with E-state index in [-0.39, 0.29) is 30.5 Å². The molecule has 2 N–H and O–H groups in total. The van der Waals surface area contributed by atoms with E-state index in [1.807, 2.05) is 30.3 Å². The molecule has 0 aliphatic carbocycles. The molecule has 0 spiro atoms. The summed E-state index contributed by atoms with van der Waals surface area (Å²) in [6.45, 7) is 6.27. The molecule has 2 aromatic rings. The Hall–Kier alpha value is -2.04. The van der Waals surface area contributed by atoms with Gasteiger partial charge in [-0.05, 0) is 36.6 Å². The van der Waals surface area contributed by atoms with Gasteiger partial charge in [0.25, 0.3) is 0 Å². The summed E-state index contributed by atoms with van der Waals surface area (Å²) in [5.41, 5.74) is 1.91. The Morgan fingerprint density at radius 2 is 1.85 bits per heavy atom. The van der Waals surface area contributed by atoms with Gasteiger partial charge in [-0.1, -0.05) is 30.3 Å². The third-order valence-electron chi connectivity index (χ3n) is 5.56. The average Bonchev–Trinajstić information content (AvgIpc) is 3.30. The number of likely N-dealkylation sites (tertiary alicyclic amines) is 1. The highest BCUT2D eigenvalue weighted by Crippen LogP contribution is 2.27. The molecular weight excluding hydrogens is 533 g/mol. The molecule has 3 rings (SSSR count). The number of nitrogens with zero attached hydrogens (tertiary/aromatic N) is 2. The summed E-state index contributed by atoms with van der Waals surface area (Å²) < 4.78 is 16.6. The first kappa shape index (κ1) is 27.2. The van der Waals surface area contributed by atoms with Gasteiger partial charge in [0.05, 0.1) is 40.1 Å². The normalized spacial score (nSPS) is 16.8. The lowest BCUT2D eigenvalue weighted by atomic mass is 10.1. The van der Waals surface area contributed by atoms with Crippen LogP contribution in [-0.4, -0.2) is 63.0 Å². The maximum atomic E-state index is 10.7. The molecule has 0 aromatic heterocycles. The molecule has 2 atom stereocenters. The number of nitrogens with one attached hydrogen (secondary N) is 1. The first-order chi connectivity index (χ1) is 15.6. The van der Waals surface area contributed by atoms with E-state index in [0.29, 0.717) is 24.0 Å². The molecule has 2 unspecified atom stereocenters. The van der Waals surface area contributed by atoms with E-state index in [0.717, 1.165) is 44.2 Å². The first-order valence-corrected chi connectivity index (χ1v) is 11.2. The van der Waals surface area contributed by atoms with Crippen molar-refractivity contribution >= 4 is 29.9 Å². The number of aliphatic imine (C=N–C) groups is 1. The Balaban J connectivity index is 0.00000385. The molecular formula is C25H36IN3O4. The zero-order valence-electron chi connectivity index (χ0n) is 19.7. The van der Waals surface area contributed by atoms with Crippen molar-refractivity contribution < 1.29 is 19.3 Å². The minimum Gasteiger partial charge on any atom is -0.497 e. The number of guanidine groups is 1. The van der Waals surface area contributed by atoms with E-state index in [1.165, 1.54) is 5.56 Å². The molecule has 33 heavy (non-hydrogen) atoms. The lowest BCUT2D eigenvalue weighted by Crippen LogP contribution is -2.40. The van der Waals surface area contributed by atoms with Gasteiger partial charge in [0.2, 0.25) is 0 Å². The topological polar surface area (TPSA) is 75.6 Å². The van der Waals surface area contributed by atoms with Gasteiger partial charge in [0.1, 0.15) is 11.5 Å². The third kappa shape index (κ3) is 8.35. The summed E-state index contributed by atoms with van der Waals surface area (Å²) in [6.07, 6.45) is 0.315. The Labute approximate surface area is 214 Å². The van der Waals surface area contributed by atoms with Crippen molar-refractivity contribution in [2.75, 3.05) is 47.0 Å². The number of aliphatic hydroxyl groups excluding tert-OH is 1. The Bertz CT molecular complexity index is 844. The van der Waals surface area contributed by atoms with E-state index in [4.69, 9.17) is 19.2 Å². The largest absolute Gasteiger partial charge is 0.497 e. The van der Waals surface area contributed by atoms with Crippen molar-refractivity contribution in [3.05, 3.63) is 59.7 Å². The van der Waals surface area contributed by atoms with Gasteiger partial charge in [0, 0.05) is 31.6 Å². The van der Waals surface area contributed by atoms with Crippen molar-refractivity contribution in [1.29, 1.82) is 0 Å². The van der Waals surface area contributed by atoms with E-state index in [2.05, 4.69) is 29.3 Å². The van der Waals surface area contributed by atoms with Gasteiger partial charge >= 0.3 is 0 Å². The van der Waals surface area contributed by atoms with Crippen LogP contribution in [0.1, 0.15) is 30.6 Å². The second-order valence-corrected chi connectivity index (χ2v) is 7.96. The van der Waals surface area contributed by atoms with Crippen molar-refractivity contribution in [2.45, 2.75) is 26.1 Å².